The maximum Gasteiger partial charge on any atom is 0.167 e. The molecule has 0 aliphatic rings. The van der Waals surface area contributed by atoms with Crippen molar-refractivity contribution in [1.29, 1.82) is 0 Å². The van der Waals surface area contributed by atoms with Crippen LogP contribution >= 0.6 is 0 Å². The Morgan fingerprint density at radius 1 is 0.258 bits per heavy atom. The minimum atomic E-state index is 0.540. The van der Waals surface area contributed by atoms with Crippen molar-refractivity contribution in [3.63, 3.8) is 0 Å². The summed E-state index contributed by atoms with van der Waals surface area (Å²) in [6.45, 7) is 0. The van der Waals surface area contributed by atoms with Crippen molar-refractivity contribution in [2.24, 2.45) is 0 Å². The van der Waals surface area contributed by atoms with Crippen LogP contribution in [0.4, 0.5) is 0 Å². The van der Waals surface area contributed by atoms with E-state index in [1.54, 1.807) is 0 Å². The van der Waals surface area contributed by atoms with E-state index in [1.807, 2.05) is 164 Å². The molecule has 0 spiro atoms. The highest BCUT2D eigenvalue weighted by molar-refractivity contribution is 6.15. The molecule has 0 unspecified atom stereocenters. The predicted molar refractivity (Wildman–Crippen MR) is 246 cm³/mol. The van der Waals surface area contributed by atoms with Gasteiger partial charge in [-0.2, -0.15) is 0 Å². The van der Waals surface area contributed by atoms with Crippen molar-refractivity contribution in [3.8, 4) is 79.5 Å². The first-order valence-corrected chi connectivity index (χ1v) is 20.4. The lowest BCUT2D eigenvalue weighted by molar-refractivity contribution is 0.669. The first kappa shape index (κ1) is 35.3. The van der Waals surface area contributed by atoms with E-state index >= 15 is 0 Å². The van der Waals surface area contributed by atoms with Gasteiger partial charge in [-0.05, 0) is 53.6 Å². The summed E-state index contributed by atoms with van der Waals surface area (Å²) in [6.07, 6.45) is 0. The van der Waals surface area contributed by atoms with E-state index < -0.39 is 0 Å². The zero-order valence-corrected chi connectivity index (χ0v) is 33.0. The summed E-state index contributed by atoms with van der Waals surface area (Å²) in [5.41, 5.74) is 10.4. The van der Waals surface area contributed by atoms with Crippen LogP contribution in [0.25, 0.3) is 123 Å². The number of furan rings is 2. The molecular weight excluding hydrogens is 765 g/mol. The molecule has 12 rings (SSSR count). The lowest BCUT2D eigenvalue weighted by Crippen LogP contribution is -2.00. The summed E-state index contributed by atoms with van der Waals surface area (Å²) >= 11 is 0. The van der Waals surface area contributed by atoms with Crippen LogP contribution in [0.2, 0.25) is 0 Å². The first-order chi connectivity index (χ1) is 30.7. The van der Waals surface area contributed by atoms with E-state index in [9.17, 15) is 0 Å². The third kappa shape index (κ3) is 6.17. The van der Waals surface area contributed by atoms with Crippen molar-refractivity contribution in [3.05, 3.63) is 194 Å². The van der Waals surface area contributed by atoms with E-state index in [-0.39, 0.29) is 0 Å². The molecule has 8 aromatic carbocycles. The largest absolute Gasteiger partial charge is 0.456 e. The van der Waals surface area contributed by atoms with Crippen LogP contribution in [0.15, 0.2) is 203 Å². The fourth-order valence-corrected chi connectivity index (χ4v) is 8.22. The molecule has 0 amide bonds. The van der Waals surface area contributed by atoms with Crippen LogP contribution in [0, 0.1) is 0 Å². The van der Waals surface area contributed by atoms with Gasteiger partial charge in [0.1, 0.15) is 22.3 Å². The lowest BCUT2D eigenvalue weighted by atomic mass is 9.97. The van der Waals surface area contributed by atoms with Crippen LogP contribution in [0.1, 0.15) is 0 Å². The van der Waals surface area contributed by atoms with Gasteiger partial charge in [-0.3, -0.25) is 0 Å². The van der Waals surface area contributed by atoms with E-state index in [2.05, 4.69) is 30.3 Å². The number of hydrogen-bond donors (Lipinski definition) is 0. The molecule has 0 saturated heterocycles. The van der Waals surface area contributed by atoms with Gasteiger partial charge in [0.15, 0.2) is 34.9 Å². The molecule has 0 N–H and O–H groups in total. The van der Waals surface area contributed by atoms with E-state index in [0.29, 0.717) is 40.5 Å². The average Bonchev–Trinajstić information content (AvgIpc) is 3.93. The van der Waals surface area contributed by atoms with Gasteiger partial charge in [0.2, 0.25) is 0 Å². The number of nitrogens with zero attached hydrogens (tertiary/aromatic N) is 6. The third-order valence-electron chi connectivity index (χ3n) is 11.2. The number of aromatic nitrogens is 6. The molecular formula is C54H32N6O2. The first-order valence-electron chi connectivity index (χ1n) is 20.4. The Morgan fingerprint density at radius 3 is 1.24 bits per heavy atom. The SMILES string of the molecule is c1ccc(-c2nc(-c3ccccc3)nc(-c3ccc4oc5cccc(-c6ccc7oc8c(-c9nc(-c%10ccccc%10)nc(-c%10ccccc%10)n9)cccc8c7c6)c5c4c3)n2)cc1. The molecule has 8 nitrogen and oxygen atoms in total. The van der Waals surface area contributed by atoms with Gasteiger partial charge in [-0.25, -0.2) is 29.9 Å². The smallest absolute Gasteiger partial charge is 0.167 e. The van der Waals surface area contributed by atoms with Gasteiger partial charge < -0.3 is 8.83 Å². The second-order valence-electron chi connectivity index (χ2n) is 15.1. The van der Waals surface area contributed by atoms with Crippen molar-refractivity contribution >= 4 is 43.9 Å². The molecule has 0 saturated carbocycles. The summed E-state index contributed by atoms with van der Waals surface area (Å²) in [5.74, 6) is 3.53. The fraction of sp³-hybridized carbons (Fsp3) is 0. The lowest BCUT2D eigenvalue weighted by Gasteiger charge is -2.09. The van der Waals surface area contributed by atoms with Gasteiger partial charge in [-0.15, -0.1) is 0 Å². The van der Waals surface area contributed by atoms with Gasteiger partial charge in [0.05, 0.1) is 5.56 Å². The average molecular weight is 797 g/mol. The highest BCUT2D eigenvalue weighted by Crippen LogP contribution is 2.42. The summed E-state index contributed by atoms with van der Waals surface area (Å²) in [4.78, 5) is 29.8. The van der Waals surface area contributed by atoms with E-state index in [0.717, 1.165) is 82.8 Å². The summed E-state index contributed by atoms with van der Waals surface area (Å²) < 4.78 is 13.2. The van der Waals surface area contributed by atoms with Crippen molar-refractivity contribution in [1.82, 2.24) is 29.9 Å². The number of para-hydroxylation sites is 1. The van der Waals surface area contributed by atoms with Crippen LogP contribution in [-0.2, 0) is 0 Å². The summed E-state index contributed by atoms with van der Waals surface area (Å²) in [5, 5.41) is 3.92. The Balaban J connectivity index is 0.992. The van der Waals surface area contributed by atoms with E-state index in [1.165, 1.54) is 0 Å². The monoisotopic (exact) mass is 796 g/mol. The van der Waals surface area contributed by atoms with Gasteiger partial charge in [0, 0.05) is 49.4 Å². The molecule has 0 atom stereocenters. The number of fused-ring (bicyclic) bond motifs is 6. The van der Waals surface area contributed by atoms with Crippen molar-refractivity contribution in [2.45, 2.75) is 0 Å². The van der Waals surface area contributed by atoms with Gasteiger partial charge in [0.25, 0.3) is 0 Å². The Hall–Kier alpha value is -8.62. The second-order valence-corrected chi connectivity index (χ2v) is 15.1. The topological polar surface area (TPSA) is 104 Å². The Labute approximate surface area is 354 Å². The minimum Gasteiger partial charge on any atom is -0.456 e. The molecule has 0 fully saturated rings. The minimum absolute atomic E-state index is 0.540. The quantitative estimate of drug-likeness (QED) is 0.157. The summed E-state index contributed by atoms with van der Waals surface area (Å²) in [7, 11) is 0. The highest BCUT2D eigenvalue weighted by Gasteiger charge is 2.20. The highest BCUT2D eigenvalue weighted by atomic mass is 16.3. The zero-order chi connectivity index (χ0) is 41.0. The molecule has 0 aliphatic carbocycles. The van der Waals surface area contributed by atoms with Crippen LogP contribution in [0.3, 0.4) is 0 Å². The zero-order valence-electron chi connectivity index (χ0n) is 33.0. The molecule has 0 radical (unpaired) electrons. The molecule has 4 aromatic heterocycles. The Kier molecular flexibility index (Phi) is 8.31. The van der Waals surface area contributed by atoms with Crippen molar-refractivity contribution in [2.75, 3.05) is 0 Å². The third-order valence-corrected chi connectivity index (χ3v) is 11.2. The molecule has 12 aromatic rings. The Morgan fingerprint density at radius 2 is 0.694 bits per heavy atom. The van der Waals surface area contributed by atoms with Crippen LogP contribution in [-0.4, -0.2) is 29.9 Å². The second kappa shape index (κ2) is 14.6. The fourth-order valence-electron chi connectivity index (χ4n) is 8.22. The molecule has 290 valence electrons. The molecule has 62 heavy (non-hydrogen) atoms. The summed E-state index contributed by atoms with van der Waals surface area (Å²) in [6, 6.07) is 64.8. The van der Waals surface area contributed by atoms with E-state index in [4.69, 9.17) is 38.7 Å². The molecule has 0 bridgehead atoms. The number of rotatable bonds is 7. The normalized spacial score (nSPS) is 11.5. The molecule has 0 aliphatic heterocycles. The van der Waals surface area contributed by atoms with Crippen molar-refractivity contribution < 1.29 is 8.83 Å². The maximum atomic E-state index is 6.67. The molecule has 4 heterocycles. The van der Waals surface area contributed by atoms with Gasteiger partial charge >= 0.3 is 0 Å². The Bertz CT molecular complexity index is 3510. The van der Waals surface area contributed by atoms with Crippen LogP contribution in [0.5, 0.6) is 0 Å². The van der Waals surface area contributed by atoms with Gasteiger partial charge in [-0.1, -0.05) is 152 Å². The van der Waals surface area contributed by atoms with Crippen LogP contribution < -0.4 is 0 Å². The standard InChI is InChI=1S/C54H32N6O2/c1-5-15-33(16-6-1)49-55-50(34-17-7-2-8-18-34)58-53(57-49)38-28-30-45-43(32-38)47-39(23-14-26-46(47)61-45)37-27-29-44-42(31-37)40-24-13-25-41(48(40)62-44)54-59-51(35-19-9-3-10-20-35)56-52(60-54)36-21-11-4-12-22-36/h1-32H. The maximum absolute atomic E-state index is 6.67. The predicted octanol–water partition coefficient (Wildman–Crippen LogP) is 13.5. The number of benzene rings is 8. The molecule has 8 heteroatoms. The number of hydrogen-bond acceptors (Lipinski definition) is 8.